The normalized spacial score (nSPS) is 16.0. The van der Waals surface area contributed by atoms with Gasteiger partial charge in [0.05, 0.1) is 11.7 Å². The minimum atomic E-state index is -0.478. The standard InChI is InChI=1S/C21H23N3O3/c1-14-17(12-22)20(26)23-13-18(14)21(27)24-9-7-16(8-10-24)19(25)11-15-5-3-2-4-6-15/h2-6,13,16,19,25H,7-11H2,1H3,(H,23,26)/t19-/m0/s1. The molecule has 1 atom stereocenters. The van der Waals surface area contributed by atoms with Crippen LogP contribution >= 0.6 is 0 Å². The average molecular weight is 365 g/mol. The van der Waals surface area contributed by atoms with Crippen molar-refractivity contribution >= 4 is 5.91 Å². The summed E-state index contributed by atoms with van der Waals surface area (Å²) in [6.45, 7) is 2.73. The van der Waals surface area contributed by atoms with Crippen LogP contribution in [0.25, 0.3) is 0 Å². The number of nitrogens with one attached hydrogen (secondary N) is 1. The number of aliphatic hydroxyl groups excluding tert-OH is 1. The maximum absolute atomic E-state index is 12.8. The first kappa shape index (κ1) is 18.9. The van der Waals surface area contributed by atoms with Gasteiger partial charge in [-0.25, -0.2) is 0 Å². The number of pyridine rings is 1. The van der Waals surface area contributed by atoms with E-state index in [4.69, 9.17) is 5.26 Å². The van der Waals surface area contributed by atoms with E-state index < -0.39 is 11.7 Å². The topological polar surface area (TPSA) is 97.2 Å². The number of aliphatic hydroxyl groups is 1. The van der Waals surface area contributed by atoms with Gasteiger partial charge in [0.2, 0.25) is 0 Å². The van der Waals surface area contributed by atoms with Crippen molar-refractivity contribution in [3.63, 3.8) is 0 Å². The highest BCUT2D eigenvalue weighted by molar-refractivity contribution is 5.95. The zero-order valence-corrected chi connectivity index (χ0v) is 15.3. The molecular weight excluding hydrogens is 342 g/mol. The molecule has 1 amide bonds. The lowest BCUT2D eigenvalue weighted by molar-refractivity contribution is 0.0466. The van der Waals surface area contributed by atoms with E-state index in [1.54, 1.807) is 11.8 Å². The Balaban J connectivity index is 1.63. The van der Waals surface area contributed by atoms with Crippen LogP contribution in [0.5, 0.6) is 0 Å². The molecule has 0 bridgehead atoms. The number of aromatic amines is 1. The van der Waals surface area contributed by atoms with E-state index in [2.05, 4.69) is 4.98 Å². The zero-order valence-electron chi connectivity index (χ0n) is 15.3. The molecule has 2 heterocycles. The van der Waals surface area contributed by atoms with Crippen molar-refractivity contribution in [2.24, 2.45) is 5.92 Å². The summed E-state index contributed by atoms with van der Waals surface area (Å²) in [5, 5.41) is 19.6. The molecule has 27 heavy (non-hydrogen) atoms. The Morgan fingerprint density at radius 3 is 2.63 bits per heavy atom. The van der Waals surface area contributed by atoms with E-state index in [0.717, 1.165) is 18.4 Å². The van der Waals surface area contributed by atoms with Crippen LogP contribution in [0.15, 0.2) is 41.3 Å². The summed E-state index contributed by atoms with van der Waals surface area (Å²) >= 11 is 0. The number of aromatic nitrogens is 1. The van der Waals surface area contributed by atoms with Gasteiger partial charge >= 0.3 is 0 Å². The molecular formula is C21H23N3O3. The fraction of sp³-hybridized carbons (Fsp3) is 0.381. The molecule has 1 aromatic carbocycles. The molecule has 0 spiro atoms. The lowest BCUT2D eigenvalue weighted by atomic mass is 9.87. The third-order valence-electron chi connectivity index (χ3n) is 5.35. The van der Waals surface area contributed by atoms with Gasteiger partial charge in [-0.1, -0.05) is 30.3 Å². The van der Waals surface area contributed by atoms with E-state index in [1.165, 1.54) is 6.20 Å². The highest BCUT2D eigenvalue weighted by atomic mass is 16.3. The van der Waals surface area contributed by atoms with Crippen LogP contribution < -0.4 is 5.56 Å². The second-order valence-corrected chi connectivity index (χ2v) is 7.03. The minimum Gasteiger partial charge on any atom is -0.392 e. The predicted octanol–water partition coefficient (Wildman–Crippen LogP) is 2.01. The van der Waals surface area contributed by atoms with E-state index in [1.807, 2.05) is 36.4 Å². The number of carbonyl (C=O) groups is 1. The number of amides is 1. The highest BCUT2D eigenvalue weighted by Gasteiger charge is 2.29. The smallest absolute Gasteiger partial charge is 0.266 e. The maximum atomic E-state index is 12.8. The quantitative estimate of drug-likeness (QED) is 0.866. The van der Waals surface area contributed by atoms with Crippen LogP contribution in [-0.4, -0.2) is 40.1 Å². The number of likely N-dealkylation sites (tertiary alicyclic amines) is 1. The lowest BCUT2D eigenvalue weighted by Gasteiger charge is -2.34. The predicted molar refractivity (Wildman–Crippen MR) is 101 cm³/mol. The summed E-state index contributed by atoms with van der Waals surface area (Å²) in [6, 6.07) is 11.8. The first-order valence-electron chi connectivity index (χ1n) is 9.15. The number of nitriles is 1. The van der Waals surface area contributed by atoms with Crippen molar-refractivity contribution in [2.75, 3.05) is 13.1 Å². The van der Waals surface area contributed by atoms with Crippen LogP contribution in [0.1, 0.15) is 39.9 Å². The summed E-state index contributed by atoms with van der Waals surface area (Å²) in [6.07, 6.45) is 3.03. The van der Waals surface area contributed by atoms with E-state index in [-0.39, 0.29) is 17.4 Å². The number of benzene rings is 1. The fourth-order valence-electron chi connectivity index (χ4n) is 3.66. The van der Waals surface area contributed by atoms with Crippen molar-refractivity contribution in [2.45, 2.75) is 32.3 Å². The van der Waals surface area contributed by atoms with Crippen LogP contribution in [0.2, 0.25) is 0 Å². The highest BCUT2D eigenvalue weighted by Crippen LogP contribution is 2.24. The molecule has 6 heteroatoms. The summed E-state index contributed by atoms with van der Waals surface area (Å²) in [5.41, 5.74) is 1.38. The van der Waals surface area contributed by atoms with Gasteiger partial charge in [-0.15, -0.1) is 0 Å². The van der Waals surface area contributed by atoms with Gasteiger partial charge in [0.15, 0.2) is 0 Å². The molecule has 140 valence electrons. The summed E-state index contributed by atoms with van der Waals surface area (Å²) in [7, 11) is 0. The monoisotopic (exact) mass is 365 g/mol. The van der Waals surface area contributed by atoms with Gasteiger partial charge in [-0.3, -0.25) is 9.59 Å². The first-order valence-corrected chi connectivity index (χ1v) is 9.15. The second kappa shape index (κ2) is 8.19. The molecule has 3 rings (SSSR count). The van der Waals surface area contributed by atoms with Crippen LogP contribution in [0.3, 0.4) is 0 Å². The molecule has 1 aliphatic heterocycles. The van der Waals surface area contributed by atoms with Crippen molar-refractivity contribution in [3.8, 4) is 6.07 Å². The Kier molecular flexibility index (Phi) is 5.72. The Labute approximate surface area is 158 Å². The molecule has 1 aliphatic rings. The van der Waals surface area contributed by atoms with Gasteiger partial charge < -0.3 is 15.0 Å². The first-order chi connectivity index (χ1) is 13.0. The molecule has 0 aliphatic carbocycles. The number of hydrogen-bond acceptors (Lipinski definition) is 4. The molecule has 2 N–H and O–H groups in total. The van der Waals surface area contributed by atoms with E-state index in [9.17, 15) is 14.7 Å². The Morgan fingerprint density at radius 1 is 1.33 bits per heavy atom. The zero-order chi connectivity index (χ0) is 19.4. The van der Waals surface area contributed by atoms with E-state index >= 15 is 0 Å². The molecule has 0 radical (unpaired) electrons. The van der Waals surface area contributed by atoms with Crippen molar-refractivity contribution in [1.29, 1.82) is 5.26 Å². The summed E-state index contributed by atoms with van der Waals surface area (Å²) in [5.74, 6) is -0.0307. The van der Waals surface area contributed by atoms with Crippen LogP contribution in [0, 0.1) is 24.2 Å². The Morgan fingerprint density at radius 2 is 2.00 bits per heavy atom. The number of hydrogen-bond donors (Lipinski definition) is 2. The molecule has 1 fully saturated rings. The number of carbonyl (C=O) groups excluding carboxylic acids is 1. The molecule has 1 aromatic heterocycles. The molecule has 6 nitrogen and oxygen atoms in total. The molecule has 0 saturated carbocycles. The van der Waals surface area contributed by atoms with E-state index in [0.29, 0.717) is 30.6 Å². The van der Waals surface area contributed by atoms with Gasteiger partial charge in [0.1, 0.15) is 11.6 Å². The molecule has 2 aromatic rings. The van der Waals surface area contributed by atoms with Gasteiger partial charge in [-0.05, 0) is 43.2 Å². The number of nitrogens with zero attached hydrogens (tertiary/aromatic N) is 2. The lowest BCUT2D eigenvalue weighted by Crippen LogP contribution is -2.42. The number of piperidine rings is 1. The minimum absolute atomic E-state index is 0.0194. The van der Waals surface area contributed by atoms with Crippen molar-refractivity contribution in [3.05, 3.63) is 69.1 Å². The third kappa shape index (κ3) is 4.09. The maximum Gasteiger partial charge on any atom is 0.266 e. The fourth-order valence-corrected chi connectivity index (χ4v) is 3.66. The third-order valence-corrected chi connectivity index (χ3v) is 5.35. The SMILES string of the molecule is Cc1c(C(=O)N2CCC([C@@H](O)Cc3ccccc3)CC2)c[nH]c(=O)c1C#N. The largest absolute Gasteiger partial charge is 0.392 e. The Bertz CT molecular complexity index is 907. The number of rotatable bonds is 4. The summed E-state index contributed by atoms with van der Waals surface area (Å²) in [4.78, 5) is 28.7. The van der Waals surface area contributed by atoms with Crippen molar-refractivity contribution < 1.29 is 9.90 Å². The van der Waals surface area contributed by atoms with Crippen LogP contribution in [-0.2, 0) is 6.42 Å². The summed E-state index contributed by atoms with van der Waals surface area (Å²) < 4.78 is 0. The van der Waals surface area contributed by atoms with Crippen molar-refractivity contribution in [1.82, 2.24) is 9.88 Å². The van der Waals surface area contributed by atoms with Gasteiger partial charge in [-0.2, -0.15) is 5.26 Å². The molecule has 1 saturated heterocycles. The van der Waals surface area contributed by atoms with Crippen LogP contribution in [0.4, 0.5) is 0 Å². The van der Waals surface area contributed by atoms with Gasteiger partial charge in [0, 0.05) is 19.3 Å². The second-order valence-electron chi connectivity index (χ2n) is 7.03. The van der Waals surface area contributed by atoms with Gasteiger partial charge in [0.25, 0.3) is 11.5 Å². The Hall–Kier alpha value is -2.91. The average Bonchev–Trinajstić information content (AvgIpc) is 2.69. The number of H-pyrrole nitrogens is 1. The molecule has 0 unspecified atom stereocenters.